The molecule has 1 saturated heterocycles. The molecular formula is C11H13N3O. The number of hydrogen-bond donors (Lipinski definition) is 1. The van der Waals surface area contributed by atoms with Gasteiger partial charge in [-0.1, -0.05) is 0 Å². The topological polar surface area (TPSA) is 57.9 Å². The summed E-state index contributed by atoms with van der Waals surface area (Å²) >= 11 is 0. The van der Waals surface area contributed by atoms with E-state index < -0.39 is 0 Å². The van der Waals surface area contributed by atoms with Crippen molar-refractivity contribution < 1.29 is 4.74 Å². The largest absolute Gasteiger partial charge is 0.489 e. The van der Waals surface area contributed by atoms with Crippen LogP contribution >= 0.6 is 0 Å². The predicted octanol–water partition coefficient (Wildman–Crippen LogP) is 1.08. The van der Waals surface area contributed by atoms with Gasteiger partial charge in [-0.15, -0.1) is 0 Å². The van der Waals surface area contributed by atoms with Crippen molar-refractivity contribution in [2.24, 2.45) is 0 Å². The standard InChI is InChI=1S/C11H13N3O/c12-7-9-6-10(3-5-14-9)15-11-2-1-4-13-8-11/h3,5-6,11,13H,1-2,4,8H2. The van der Waals surface area contributed by atoms with Crippen LogP contribution in [0.1, 0.15) is 18.5 Å². The molecule has 1 N–H and O–H groups in total. The van der Waals surface area contributed by atoms with Crippen LogP contribution in [-0.4, -0.2) is 24.2 Å². The molecule has 4 heteroatoms. The van der Waals surface area contributed by atoms with Gasteiger partial charge in [-0.25, -0.2) is 4.98 Å². The highest BCUT2D eigenvalue weighted by Crippen LogP contribution is 2.15. The molecule has 0 bridgehead atoms. The third-order valence-electron chi connectivity index (χ3n) is 2.40. The highest BCUT2D eigenvalue weighted by atomic mass is 16.5. The van der Waals surface area contributed by atoms with E-state index in [9.17, 15) is 0 Å². The van der Waals surface area contributed by atoms with Crippen molar-refractivity contribution in [1.82, 2.24) is 10.3 Å². The Balaban J connectivity index is 2.00. The van der Waals surface area contributed by atoms with Crippen LogP contribution in [0.3, 0.4) is 0 Å². The summed E-state index contributed by atoms with van der Waals surface area (Å²) in [4.78, 5) is 3.89. The maximum absolute atomic E-state index is 8.69. The van der Waals surface area contributed by atoms with Crippen molar-refractivity contribution in [1.29, 1.82) is 5.26 Å². The highest BCUT2D eigenvalue weighted by Gasteiger charge is 2.14. The Hall–Kier alpha value is -1.60. The maximum Gasteiger partial charge on any atom is 0.144 e. The first-order valence-corrected chi connectivity index (χ1v) is 5.12. The summed E-state index contributed by atoms with van der Waals surface area (Å²) in [6.45, 7) is 1.95. The molecule has 1 aliphatic heterocycles. The molecule has 4 nitrogen and oxygen atoms in total. The summed E-state index contributed by atoms with van der Waals surface area (Å²) in [6.07, 6.45) is 4.02. The summed E-state index contributed by atoms with van der Waals surface area (Å²) in [5, 5.41) is 12.0. The molecular weight excluding hydrogens is 190 g/mol. The zero-order valence-electron chi connectivity index (χ0n) is 8.44. The van der Waals surface area contributed by atoms with E-state index in [1.54, 1.807) is 18.3 Å². The molecule has 0 amide bonds. The van der Waals surface area contributed by atoms with Crippen LogP contribution < -0.4 is 10.1 Å². The molecule has 2 rings (SSSR count). The quantitative estimate of drug-likeness (QED) is 0.781. The number of nitrogens with zero attached hydrogens (tertiary/aromatic N) is 2. The zero-order valence-corrected chi connectivity index (χ0v) is 8.44. The van der Waals surface area contributed by atoms with Gasteiger partial charge in [-0.3, -0.25) is 0 Å². The number of pyridine rings is 1. The highest BCUT2D eigenvalue weighted by molar-refractivity contribution is 5.29. The molecule has 78 valence electrons. The number of ether oxygens (including phenoxy) is 1. The van der Waals surface area contributed by atoms with Gasteiger partial charge in [0.05, 0.1) is 0 Å². The summed E-state index contributed by atoms with van der Waals surface area (Å²) in [5.74, 6) is 0.732. The van der Waals surface area contributed by atoms with Crippen molar-refractivity contribution in [3.8, 4) is 11.8 Å². The SMILES string of the molecule is N#Cc1cc(OC2CCCNC2)ccn1. The Labute approximate surface area is 88.9 Å². The third-order valence-corrected chi connectivity index (χ3v) is 2.40. The third kappa shape index (κ3) is 2.67. The average molecular weight is 203 g/mol. The van der Waals surface area contributed by atoms with Gasteiger partial charge in [0, 0.05) is 18.8 Å². The van der Waals surface area contributed by atoms with Gasteiger partial charge in [0.2, 0.25) is 0 Å². The number of nitrogens with one attached hydrogen (secondary N) is 1. The monoisotopic (exact) mass is 203 g/mol. The van der Waals surface area contributed by atoms with E-state index in [-0.39, 0.29) is 6.10 Å². The maximum atomic E-state index is 8.69. The second-order valence-corrected chi connectivity index (χ2v) is 3.57. The van der Waals surface area contributed by atoms with Gasteiger partial charge in [0.15, 0.2) is 0 Å². The van der Waals surface area contributed by atoms with Crippen LogP contribution in [0, 0.1) is 11.3 Å². The molecule has 15 heavy (non-hydrogen) atoms. The minimum Gasteiger partial charge on any atom is -0.489 e. The zero-order chi connectivity index (χ0) is 10.5. The lowest BCUT2D eigenvalue weighted by molar-refractivity contribution is 0.167. The minimum atomic E-state index is 0.215. The predicted molar refractivity (Wildman–Crippen MR) is 55.5 cm³/mol. The molecule has 1 aliphatic rings. The van der Waals surface area contributed by atoms with Crippen LogP contribution in [0.5, 0.6) is 5.75 Å². The Morgan fingerprint density at radius 2 is 2.53 bits per heavy atom. The van der Waals surface area contributed by atoms with Crippen LogP contribution in [0.15, 0.2) is 18.3 Å². The molecule has 0 radical (unpaired) electrons. The Bertz CT molecular complexity index is 366. The van der Waals surface area contributed by atoms with Crippen molar-refractivity contribution in [2.75, 3.05) is 13.1 Å². The molecule has 1 fully saturated rings. The van der Waals surface area contributed by atoms with E-state index in [0.717, 1.165) is 31.7 Å². The minimum absolute atomic E-state index is 0.215. The molecule has 2 heterocycles. The van der Waals surface area contributed by atoms with Gasteiger partial charge in [-0.2, -0.15) is 5.26 Å². The normalized spacial score (nSPS) is 20.6. The van der Waals surface area contributed by atoms with E-state index >= 15 is 0 Å². The molecule has 1 unspecified atom stereocenters. The molecule has 1 aromatic rings. The van der Waals surface area contributed by atoms with E-state index in [4.69, 9.17) is 10.00 Å². The first-order chi connectivity index (χ1) is 7.38. The van der Waals surface area contributed by atoms with Crippen LogP contribution in [-0.2, 0) is 0 Å². The van der Waals surface area contributed by atoms with Crippen molar-refractivity contribution in [3.05, 3.63) is 24.0 Å². The van der Waals surface area contributed by atoms with Crippen LogP contribution in [0.25, 0.3) is 0 Å². The fourth-order valence-electron chi connectivity index (χ4n) is 1.66. The van der Waals surface area contributed by atoms with Crippen molar-refractivity contribution in [3.63, 3.8) is 0 Å². The molecule has 0 saturated carbocycles. The fourth-order valence-corrected chi connectivity index (χ4v) is 1.66. The lowest BCUT2D eigenvalue weighted by atomic mass is 10.1. The number of piperidine rings is 1. The Kier molecular flexibility index (Phi) is 3.15. The van der Waals surface area contributed by atoms with Gasteiger partial charge < -0.3 is 10.1 Å². The summed E-state index contributed by atoms with van der Waals surface area (Å²) in [6, 6.07) is 5.46. The van der Waals surface area contributed by atoms with Crippen molar-refractivity contribution in [2.45, 2.75) is 18.9 Å². The molecule has 1 aromatic heterocycles. The van der Waals surface area contributed by atoms with Gasteiger partial charge in [0.25, 0.3) is 0 Å². The number of nitriles is 1. The number of hydrogen-bond acceptors (Lipinski definition) is 4. The summed E-state index contributed by atoms with van der Waals surface area (Å²) in [5.41, 5.74) is 0.399. The lowest BCUT2D eigenvalue weighted by Gasteiger charge is -2.23. The fraction of sp³-hybridized carbons (Fsp3) is 0.455. The van der Waals surface area contributed by atoms with E-state index in [1.165, 1.54) is 0 Å². The Morgan fingerprint density at radius 3 is 3.27 bits per heavy atom. The smallest absolute Gasteiger partial charge is 0.144 e. The average Bonchev–Trinajstić information content (AvgIpc) is 2.31. The van der Waals surface area contributed by atoms with Crippen molar-refractivity contribution >= 4 is 0 Å². The molecule has 0 aliphatic carbocycles. The van der Waals surface area contributed by atoms with Crippen LogP contribution in [0.2, 0.25) is 0 Å². The first kappa shape index (κ1) is 9.94. The van der Waals surface area contributed by atoms with Crippen LogP contribution in [0.4, 0.5) is 0 Å². The first-order valence-electron chi connectivity index (χ1n) is 5.12. The summed E-state index contributed by atoms with van der Waals surface area (Å²) in [7, 11) is 0. The van der Waals surface area contributed by atoms with E-state index in [1.807, 2.05) is 6.07 Å². The number of aromatic nitrogens is 1. The van der Waals surface area contributed by atoms with Gasteiger partial charge >= 0.3 is 0 Å². The second-order valence-electron chi connectivity index (χ2n) is 3.57. The Morgan fingerprint density at radius 1 is 1.60 bits per heavy atom. The van der Waals surface area contributed by atoms with Gasteiger partial charge in [0.1, 0.15) is 23.6 Å². The molecule has 0 aromatic carbocycles. The summed E-state index contributed by atoms with van der Waals surface area (Å²) < 4.78 is 5.74. The second kappa shape index (κ2) is 4.76. The van der Waals surface area contributed by atoms with E-state index in [2.05, 4.69) is 10.3 Å². The number of rotatable bonds is 2. The van der Waals surface area contributed by atoms with Gasteiger partial charge in [-0.05, 0) is 25.5 Å². The molecule has 1 atom stereocenters. The molecule has 0 spiro atoms. The lowest BCUT2D eigenvalue weighted by Crippen LogP contribution is -2.37. The van der Waals surface area contributed by atoms with E-state index in [0.29, 0.717) is 5.69 Å².